The summed E-state index contributed by atoms with van der Waals surface area (Å²) in [5, 5.41) is 3.53. The summed E-state index contributed by atoms with van der Waals surface area (Å²) in [6.45, 7) is 5.50. The first-order chi connectivity index (χ1) is 6.85. The van der Waals surface area contributed by atoms with E-state index in [2.05, 4.69) is 25.1 Å². The Morgan fingerprint density at radius 3 is 2.43 bits per heavy atom. The van der Waals surface area contributed by atoms with Crippen LogP contribution in [0.1, 0.15) is 58.8 Å². The van der Waals surface area contributed by atoms with Crippen LogP contribution in [0.3, 0.4) is 0 Å². The van der Waals surface area contributed by atoms with Crippen LogP contribution in [0.2, 0.25) is 0 Å². The fourth-order valence-corrected chi connectivity index (χ4v) is 1.73. The first kappa shape index (κ1) is 13.5. The van der Waals surface area contributed by atoms with Gasteiger partial charge in [-0.2, -0.15) is 0 Å². The molecule has 0 amide bonds. The second kappa shape index (κ2) is 10.6. The van der Waals surface area contributed by atoms with Crippen LogP contribution in [-0.4, -0.2) is 12.6 Å². The van der Waals surface area contributed by atoms with Gasteiger partial charge in [-0.05, 0) is 25.8 Å². The minimum Gasteiger partial charge on any atom is -0.314 e. The number of terminal acetylenes is 1. The molecular formula is C13H25N. The minimum atomic E-state index is 0.694. The summed E-state index contributed by atoms with van der Waals surface area (Å²) in [6, 6.07) is 0.694. The molecule has 1 unspecified atom stereocenters. The third-order valence-corrected chi connectivity index (χ3v) is 2.52. The monoisotopic (exact) mass is 195 g/mol. The average Bonchev–Trinajstić information content (AvgIpc) is 2.18. The molecule has 1 nitrogen and oxygen atoms in total. The Morgan fingerprint density at radius 2 is 1.86 bits per heavy atom. The summed E-state index contributed by atoms with van der Waals surface area (Å²) >= 11 is 0. The Kier molecular flexibility index (Phi) is 10.2. The van der Waals surface area contributed by atoms with Crippen LogP contribution < -0.4 is 5.32 Å². The van der Waals surface area contributed by atoms with Gasteiger partial charge in [0.25, 0.3) is 0 Å². The second-order valence-corrected chi connectivity index (χ2v) is 3.85. The van der Waals surface area contributed by atoms with Crippen molar-refractivity contribution in [2.45, 2.75) is 64.8 Å². The molecule has 0 aliphatic rings. The summed E-state index contributed by atoms with van der Waals surface area (Å²) < 4.78 is 0. The summed E-state index contributed by atoms with van der Waals surface area (Å²) in [5.74, 6) is 2.70. The predicted octanol–water partition coefficient (Wildman–Crippen LogP) is 3.35. The third kappa shape index (κ3) is 8.13. The van der Waals surface area contributed by atoms with Crippen molar-refractivity contribution in [3.63, 3.8) is 0 Å². The summed E-state index contributed by atoms with van der Waals surface area (Å²) in [6.07, 6.45) is 13.9. The zero-order valence-electron chi connectivity index (χ0n) is 9.81. The molecular weight excluding hydrogens is 170 g/mol. The molecule has 14 heavy (non-hydrogen) atoms. The first-order valence-electron chi connectivity index (χ1n) is 6.02. The molecule has 1 heteroatoms. The van der Waals surface area contributed by atoms with Crippen LogP contribution in [0.4, 0.5) is 0 Å². The predicted molar refractivity (Wildman–Crippen MR) is 64.3 cm³/mol. The van der Waals surface area contributed by atoms with E-state index in [1.165, 1.54) is 38.5 Å². The molecule has 0 aromatic heterocycles. The zero-order chi connectivity index (χ0) is 10.6. The van der Waals surface area contributed by atoms with E-state index in [9.17, 15) is 0 Å². The molecule has 0 aliphatic carbocycles. The van der Waals surface area contributed by atoms with E-state index in [0.29, 0.717) is 6.04 Å². The lowest BCUT2D eigenvalue weighted by molar-refractivity contribution is 0.436. The van der Waals surface area contributed by atoms with Gasteiger partial charge < -0.3 is 5.32 Å². The maximum absolute atomic E-state index is 5.24. The summed E-state index contributed by atoms with van der Waals surface area (Å²) in [4.78, 5) is 0. The maximum atomic E-state index is 5.24. The van der Waals surface area contributed by atoms with E-state index < -0.39 is 0 Å². The topological polar surface area (TPSA) is 12.0 Å². The molecule has 0 radical (unpaired) electrons. The Balaban J connectivity index is 3.50. The maximum Gasteiger partial charge on any atom is 0.00866 e. The highest BCUT2D eigenvalue weighted by molar-refractivity contribution is 4.83. The van der Waals surface area contributed by atoms with Gasteiger partial charge in [0.05, 0.1) is 0 Å². The average molecular weight is 195 g/mol. The molecule has 1 N–H and O–H groups in total. The lowest BCUT2D eigenvalue weighted by atomic mass is 10.0. The highest BCUT2D eigenvalue weighted by atomic mass is 14.9. The van der Waals surface area contributed by atoms with Gasteiger partial charge in [0.15, 0.2) is 0 Å². The van der Waals surface area contributed by atoms with Crippen molar-refractivity contribution in [3.8, 4) is 12.3 Å². The quantitative estimate of drug-likeness (QED) is 0.439. The van der Waals surface area contributed by atoms with Gasteiger partial charge in [-0.1, -0.05) is 33.1 Å². The van der Waals surface area contributed by atoms with E-state index in [0.717, 1.165) is 13.0 Å². The number of hydrogen-bond donors (Lipinski definition) is 1. The van der Waals surface area contributed by atoms with Crippen molar-refractivity contribution in [2.24, 2.45) is 0 Å². The molecule has 1 atom stereocenters. The van der Waals surface area contributed by atoms with Crippen LogP contribution in [0.5, 0.6) is 0 Å². The molecule has 0 saturated carbocycles. The molecule has 0 aliphatic heterocycles. The summed E-state index contributed by atoms with van der Waals surface area (Å²) in [7, 11) is 0. The highest BCUT2D eigenvalue weighted by Gasteiger charge is 2.05. The smallest absolute Gasteiger partial charge is 0.00866 e. The van der Waals surface area contributed by atoms with E-state index in [1.807, 2.05) is 0 Å². The van der Waals surface area contributed by atoms with E-state index in [-0.39, 0.29) is 0 Å². The first-order valence-corrected chi connectivity index (χ1v) is 6.02. The van der Waals surface area contributed by atoms with Crippen molar-refractivity contribution >= 4 is 0 Å². The van der Waals surface area contributed by atoms with Crippen LogP contribution in [0, 0.1) is 12.3 Å². The summed E-state index contributed by atoms with van der Waals surface area (Å²) in [5.41, 5.74) is 0. The molecule has 0 bridgehead atoms. The largest absolute Gasteiger partial charge is 0.314 e. The van der Waals surface area contributed by atoms with Gasteiger partial charge in [-0.3, -0.25) is 0 Å². The second-order valence-electron chi connectivity index (χ2n) is 3.85. The number of hydrogen-bond acceptors (Lipinski definition) is 1. The zero-order valence-corrected chi connectivity index (χ0v) is 9.81. The van der Waals surface area contributed by atoms with Crippen LogP contribution in [0.25, 0.3) is 0 Å². The molecule has 0 heterocycles. The van der Waals surface area contributed by atoms with Crippen LogP contribution in [-0.2, 0) is 0 Å². The van der Waals surface area contributed by atoms with Gasteiger partial charge in [-0.15, -0.1) is 12.3 Å². The van der Waals surface area contributed by atoms with E-state index >= 15 is 0 Å². The minimum absolute atomic E-state index is 0.694. The fraction of sp³-hybridized carbons (Fsp3) is 0.846. The Hall–Kier alpha value is -0.480. The van der Waals surface area contributed by atoms with E-state index in [4.69, 9.17) is 6.42 Å². The number of unbranched alkanes of at least 4 members (excludes halogenated alkanes) is 3. The Morgan fingerprint density at radius 1 is 1.14 bits per heavy atom. The number of rotatable bonds is 9. The Labute approximate surface area is 89.7 Å². The molecule has 0 aromatic rings. The van der Waals surface area contributed by atoms with Crippen LogP contribution >= 0.6 is 0 Å². The molecule has 0 rings (SSSR count). The van der Waals surface area contributed by atoms with Crippen molar-refractivity contribution in [1.29, 1.82) is 0 Å². The standard InChI is InChI=1S/C13H25N/c1-4-7-9-11-13(14-6-3)12-10-8-5-2/h1,13-14H,5-12H2,2-3H3. The van der Waals surface area contributed by atoms with Gasteiger partial charge in [-0.25, -0.2) is 0 Å². The van der Waals surface area contributed by atoms with Gasteiger partial charge in [0.1, 0.15) is 0 Å². The van der Waals surface area contributed by atoms with Gasteiger partial charge in [0.2, 0.25) is 0 Å². The lowest BCUT2D eigenvalue weighted by Crippen LogP contribution is -2.28. The van der Waals surface area contributed by atoms with Crippen molar-refractivity contribution in [3.05, 3.63) is 0 Å². The third-order valence-electron chi connectivity index (χ3n) is 2.52. The van der Waals surface area contributed by atoms with E-state index in [1.54, 1.807) is 0 Å². The molecule has 0 saturated heterocycles. The van der Waals surface area contributed by atoms with Crippen molar-refractivity contribution in [2.75, 3.05) is 6.54 Å². The number of nitrogens with one attached hydrogen (secondary N) is 1. The SMILES string of the molecule is C#CCCCC(CCCCC)NCC. The Bertz CT molecular complexity index is 146. The highest BCUT2D eigenvalue weighted by Crippen LogP contribution is 2.09. The molecule has 0 aromatic carbocycles. The molecule has 0 spiro atoms. The molecule has 82 valence electrons. The van der Waals surface area contributed by atoms with Gasteiger partial charge >= 0.3 is 0 Å². The normalized spacial score (nSPS) is 12.4. The van der Waals surface area contributed by atoms with Crippen molar-refractivity contribution < 1.29 is 0 Å². The lowest BCUT2D eigenvalue weighted by Gasteiger charge is -2.16. The van der Waals surface area contributed by atoms with Crippen molar-refractivity contribution in [1.82, 2.24) is 5.32 Å². The fourth-order valence-electron chi connectivity index (χ4n) is 1.73. The van der Waals surface area contributed by atoms with Crippen LogP contribution in [0.15, 0.2) is 0 Å². The van der Waals surface area contributed by atoms with Gasteiger partial charge in [0, 0.05) is 12.5 Å². The molecule has 0 fully saturated rings.